The second kappa shape index (κ2) is 6.01. The number of nitrogens with zero attached hydrogens (tertiary/aromatic N) is 1. The van der Waals surface area contributed by atoms with Crippen molar-refractivity contribution in [2.75, 3.05) is 7.11 Å². The molecule has 3 nitrogen and oxygen atoms in total. The summed E-state index contributed by atoms with van der Waals surface area (Å²) in [5.74, 6) is 0.0857. The Morgan fingerprint density at radius 3 is 2.90 bits per heavy atom. The Morgan fingerprint density at radius 1 is 1.70 bits per heavy atom. The first-order valence-corrected chi connectivity index (χ1v) is 3.07. The van der Waals surface area contributed by atoms with Gasteiger partial charge in [0.2, 0.25) is 0 Å². The van der Waals surface area contributed by atoms with Gasteiger partial charge in [0.25, 0.3) is 0 Å². The van der Waals surface area contributed by atoms with Crippen LogP contribution in [-0.4, -0.2) is 19.1 Å². The molecule has 0 aliphatic rings. The number of allylic oxidation sites excluding steroid dienone is 2. The number of ketones is 1. The van der Waals surface area contributed by atoms with E-state index in [-0.39, 0.29) is 5.78 Å². The summed E-state index contributed by atoms with van der Waals surface area (Å²) in [6, 6.07) is 0. The van der Waals surface area contributed by atoms with Crippen molar-refractivity contribution in [2.45, 2.75) is 13.3 Å². The monoisotopic (exact) mass is 141 g/mol. The Morgan fingerprint density at radius 2 is 2.40 bits per heavy atom. The van der Waals surface area contributed by atoms with Gasteiger partial charge in [0.1, 0.15) is 7.11 Å². The summed E-state index contributed by atoms with van der Waals surface area (Å²) < 4.78 is 0. The highest BCUT2D eigenvalue weighted by Crippen LogP contribution is 1.81. The van der Waals surface area contributed by atoms with E-state index in [0.29, 0.717) is 6.42 Å². The number of hydrogen-bond acceptors (Lipinski definition) is 3. The molecule has 0 aliphatic heterocycles. The van der Waals surface area contributed by atoms with Gasteiger partial charge in [0.05, 0.1) is 6.21 Å². The molecule has 0 radical (unpaired) electrons. The fraction of sp³-hybridized carbons (Fsp3) is 0.429. The average Bonchev–Trinajstić information content (AvgIpc) is 1.98. The van der Waals surface area contributed by atoms with Crippen molar-refractivity contribution in [3.05, 3.63) is 12.2 Å². The van der Waals surface area contributed by atoms with Crippen LogP contribution in [0.25, 0.3) is 0 Å². The van der Waals surface area contributed by atoms with Gasteiger partial charge in [-0.3, -0.25) is 4.79 Å². The van der Waals surface area contributed by atoms with Crippen LogP contribution in [-0.2, 0) is 9.63 Å². The van der Waals surface area contributed by atoms with Gasteiger partial charge in [-0.2, -0.15) is 0 Å². The lowest BCUT2D eigenvalue weighted by molar-refractivity contribution is -0.114. The minimum absolute atomic E-state index is 0.0857. The molecule has 0 N–H and O–H groups in total. The molecule has 0 spiro atoms. The minimum Gasteiger partial charge on any atom is -0.399 e. The topological polar surface area (TPSA) is 38.7 Å². The lowest BCUT2D eigenvalue weighted by atomic mass is 10.3. The third-order valence-electron chi connectivity index (χ3n) is 0.883. The Hall–Kier alpha value is -1.12. The van der Waals surface area contributed by atoms with E-state index in [1.165, 1.54) is 19.4 Å². The van der Waals surface area contributed by atoms with Crippen molar-refractivity contribution in [3.63, 3.8) is 0 Å². The molecule has 0 unspecified atom stereocenters. The molecule has 0 atom stereocenters. The van der Waals surface area contributed by atoms with Crippen LogP contribution < -0.4 is 0 Å². The molecule has 0 aliphatic carbocycles. The SMILES string of the molecule is CCC(=O)/C=C/C=N\OC. The summed E-state index contributed by atoms with van der Waals surface area (Å²) in [6.45, 7) is 1.81. The fourth-order valence-electron chi connectivity index (χ4n) is 0.364. The summed E-state index contributed by atoms with van der Waals surface area (Å²) in [7, 11) is 1.45. The molecule has 0 bridgehead atoms. The predicted octanol–water partition coefficient (Wildman–Crippen LogP) is 1.15. The van der Waals surface area contributed by atoms with Gasteiger partial charge in [0, 0.05) is 6.42 Å². The van der Waals surface area contributed by atoms with Gasteiger partial charge < -0.3 is 4.84 Å². The standard InChI is InChI=1S/C7H11NO2/c1-3-7(9)5-4-6-8-10-2/h4-6H,3H2,1-2H3/b5-4+,8-6-. The van der Waals surface area contributed by atoms with Crippen LogP contribution in [0.4, 0.5) is 0 Å². The van der Waals surface area contributed by atoms with Gasteiger partial charge in [-0.15, -0.1) is 0 Å². The molecule has 10 heavy (non-hydrogen) atoms. The predicted molar refractivity (Wildman–Crippen MR) is 39.9 cm³/mol. The largest absolute Gasteiger partial charge is 0.399 e. The third kappa shape index (κ3) is 5.03. The first kappa shape index (κ1) is 8.88. The molecule has 0 heterocycles. The lowest BCUT2D eigenvalue weighted by Gasteiger charge is -1.81. The van der Waals surface area contributed by atoms with Crippen LogP contribution in [0.2, 0.25) is 0 Å². The third-order valence-corrected chi connectivity index (χ3v) is 0.883. The molecule has 3 heteroatoms. The number of carbonyl (C=O) groups excluding carboxylic acids is 1. The second-order valence-electron chi connectivity index (χ2n) is 1.62. The van der Waals surface area contributed by atoms with Gasteiger partial charge >= 0.3 is 0 Å². The molecule has 0 saturated heterocycles. The van der Waals surface area contributed by atoms with Crippen molar-refractivity contribution in [1.82, 2.24) is 0 Å². The van der Waals surface area contributed by atoms with Crippen LogP contribution in [0.5, 0.6) is 0 Å². The van der Waals surface area contributed by atoms with Gasteiger partial charge in [0.15, 0.2) is 5.78 Å². The Kier molecular flexibility index (Phi) is 5.33. The highest BCUT2D eigenvalue weighted by Gasteiger charge is 1.85. The van der Waals surface area contributed by atoms with Crippen LogP contribution >= 0.6 is 0 Å². The van der Waals surface area contributed by atoms with Crippen molar-refractivity contribution in [3.8, 4) is 0 Å². The minimum atomic E-state index is 0.0857. The van der Waals surface area contributed by atoms with E-state index in [9.17, 15) is 4.79 Å². The van der Waals surface area contributed by atoms with E-state index in [2.05, 4.69) is 9.99 Å². The van der Waals surface area contributed by atoms with Crippen LogP contribution in [0.15, 0.2) is 17.3 Å². The zero-order valence-electron chi connectivity index (χ0n) is 6.20. The van der Waals surface area contributed by atoms with E-state index in [0.717, 1.165) is 0 Å². The molecular formula is C7H11NO2. The summed E-state index contributed by atoms with van der Waals surface area (Å²) in [4.78, 5) is 14.9. The molecule has 0 aromatic heterocycles. The van der Waals surface area contributed by atoms with Crippen molar-refractivity contribution < 1.29 is 9.63 Å². The van der Waals surface area contributed by atoms with Crippen LogP contribution in [0.3, 0.4) is 0 Å². The molecule has 0 saturated carbocycles. The highest BCUT2D eigenvalue weighted by molar-refractivity contribution is 5.93. The first-order chi connectivity index (χ1) is 4.81. The van der Waals surface area contributed by atoms with E-state index >= 15 is 0 Å². The summed E-state index contributed by atoms with van der Waals surface area (Å²) in [6.07, 6.45) is 4.96. The summed E-state index contributed by atoms with van der Waals surface area (Å²) in [5, 5.41) is 3.41. The normalized spacial score (nSPS) is 11.0. The molecule has 0 aromatic rings. The summed E-state index contributed by atoms with van der Waals surface area (Å²) >= 11 is 0. The van der Waals surface area contributed by atoms with Crippen LogP contribution in [0.1, 0.15) is 13.3 Å². The average molecular weight is 141 g/mol. The lowest BCUT2D eigenvalue weighted by Crippen LogP contribution is -1.86. The van der Waals surface area contributed by atoms with Gasteiger partial charge in [-0.1, -0.05) is 12.1 Å². The molecule has 0 aromatic carbocycles. The number of hydrogen-bond donors (Lipinski definition) is 0. The van der Waals surface area contributed by atoms with Gasteiger partial charge in [-0.25, -0.2) is 0 Å². The van der Waals surface area contributed by atoms with Crippen molar-refractivity contribution in [2.24, 2.45) is 5.16 Å². The Balaban J connectivity index is 3.55. The quantitative estimate of drug-likeness (QED) is 0.334. The maximum Gasteiger partial charge on any atom is 0.155 e. The Bertz CT molecular complexity index is 150. The van der Waals surface area contributed by atoms with E-state index in [4.69, 9.17) is 0 Å². The van der Waals surface area contributed by atoms with Crippen LogP contribution in [0, 0.1) is 0 Å². The number of rotatable bonds is 4. The molecule has 0 amide bonds. The van der Waals surface area contributed by atoms with E-state index in [1.54, 1.807) is 13.0 Å². The molecule has 0 fully saturated rings. The Labute approximate surface area is 60.4 Å². The van der Waals surface area contributed by atoms with E-state index < -0.39 is 0 Å². The van der Waals surface area contributed by atoms with Crippen molar-refractivity contribution in [1.29, 1.82) is 0 Å². The van der Waals surface area contributed by atoms with Crippen molar-refractivity contribution >= 4 is 12.0 Å². The highest BCUT2D eigenvalue weighted by atomic mass is 16.6. The first-order valence-electron chi connectivity index (χ1n) is 3.07. The zero-order chi connectivity index (χ0) is 7.82. The number of carbonyl (C=O) groups is 1. The second-order valence-corrected chi connectivity index (χ2v) is 1.62. The van der Waals surface area contributed by atoms with Gasteiger partial charge in [-0.05, 0) is 12.2 Å². The maximum absolute atomic E-state index is 10.6. The zero-order valence-corrected chi connectivity index (χ0v) is 6.20. The summed E-state index contributed by atoms with van der Waals surface area (Å²) in [5.41, 5.74) is 0. The number of oxime groups is 1. The maximum atomic E-state index is 10.6. The fourth-order valence-corrected chi connectivity index (χ4v) is 0.364. The van der Waals surface area contributed by atoms with E-state index in [1.807, 2.05) is 0 Å². The smallest absolute Gasteiger partial charge is 0.155 e. The molecule has 0 rings (SSSR count). The molecular weight excluding hydrogens is 130 g/mol. The molecule has 56 valence electrons.